The lowest BCUT2D eigenvalue weighted by Crippen LogP contribution is -2.50. The summed E-state index contributed by atoms with van der Waals surface area (Å²) in [5.41, 5.74) is 1.10. The number of nitrogens with zero attached hydrogens (tertiary/aromatic N) is 2. The van der Waals surface area contributed by atoms with Gasteiger partial charge in [0.1, 0.15) is 5.75 Å². The van der Waals surface area contributed by atoms with E-state index in [1.807, 2.05) is 42.5 Å². The topological polar surface area (TPSA) is 72.9 Å². The molecule has 0 atom stereocenters. The summed E-state index contributed by atoms with van der Waals surface area (Å²) in [6, 6.07) is 20.4. The molecule has 3 aromatic carbocycles. The molecule has 1 saturated heterocycles. The van der Waals surface area contributed by atoms with E-state index in [2.05, 4.69) is 4.90 Å². The molecule has 4 rings (SSSR count). The van der Waals surface area contributed by atoms with E-state index in [0.29, 0.717) is 31.9 Å². The third-order valence-corrected chi connectivity index (χ3v) is 5.20. The van der Waals surface area contributed by atoms with E-state index >= 15 is 0 Å². The average molecular weight is 389 g/mol. The van der Waals surface area contributed by atoms with E-state index in [0.717, 1.165) is 16.5 Å². The zero-order chi connectivity index (χ0) is 20.2. The van der Waals surface area contributed by atoms with Gasteiger partial charge in [0.2, 0.25) is 0 Å². The Kier molecular flexibility index (Phi) is 5.33. The van der Waals surface area contributed by atoms with Crippen LogP contribution >= 0.6 is 0 Å². The molecular formula is C23H21N2O4-. The minimum absolute atomic E-state index is 0.00825. The number of fused-ring (bicyclic) bond motifs is 1. The molecule has 0 spiro atoms. The number of carboxylic acids is 1. The van der Waals surface area contributed by atoms with Crippen LogP contribution in [0.3, 0.4) is 0 Å². The largest absolute Gasteiger partial charge is 0.545 e. The summed E-state index contributed by atoms with van der Waals surface area (Å²) in [6.45, 7) is 2.57. The lowest BCUT2D eigenvalue weighted by Gasteiger charge is -2.36. The van der Waals surface area contributed by atoms with Crippen LogP contribution in [0, 0.1) is 0 Å². The molecule has 1 aliphatic heterocycles. The van der Waals surface area contributed by atoms with Gasteiger partial charge in [-0.2, -0.15) is 0 Å². The Bertz CT molecular complexity index is 1020. The maximum Gasteiger partial charge on any atom is 0.260 e. The summed E-state index contributed by atoms with van der Waals surface area (Å²) in [5.74, 6) is -0.508. The van der Waals surface area contributed by atoms with Crippen LogP contribution in [0.15, 0.2) is 66.7 Å². The Morgan fingerprint density at radius 1 is 0.862 bits per heavy atom. The van der Waals surface area contributed by atoms with Crippen molar-refractivity contribution in [3.63, 3.8) is 0 Å². The number of ether oxygens (including phenoxy) is 1. The van der Waals surface area contributed by atoms with Gasteiger partial charge in [-0.25, -0.2) is 0 Å². The number of benzene rings is 3. The quantitative estimate of drug-likeness (QED) is 0.667. The first-order valence-electron chi connectivity index (χ1n) is 9.56. The highest BCUT2D eigenvalue weighted by Gasteiger charge is 2.21. The average Bonchev–Trinajstić information content (AvgIpc) is 2.77. The van der Waals surface area contributed by atoms with Crippen molar-refractivity contribution in [2.24, 2.45) is 0 Å². The van der Waals surface area contributed by atoms with Gasteiger partial charge in [0.05, 0.1) is 5.97 Å². The van der Waals surface area contributed by atoms with Gasteiger partial charge in [0.15, 0.2) is 6.61 Å². The first kappa shape index (κ1) is 18.8. The molecule has 6 heteroatoms. The maximum absolute atomic E-state index is 12.6. The minimum Gasteiger partial charge on any atom is -0.545 e. The molecule has 1 amide bonds. The van der Waals surface area contributed by atoms with E-state index < -0.39 is 5.97 Å². The Hall–Kier alpha value is -3.54. The van der Waals surface area contributed by atoms with Gasteiger partial charge in [0.25, 0.3) is 5.91 Å². The lowest BCUT2D eigenvalue weighted by molar-refractivity contribution is -0.255. The van der Waals surface area contributed by atoms with Crippen molar-refractivity contribution < 1.29 is 19.4 Å². The van der Waals surface area contributed by atoms with Gasteiger partial charge >= 0.3 is 0 Å². The lowest BCUT2D eigenvalue weighted by atomic mass is 10.1. The van der Waals surface area contributed by atoms with Crippen molar-refractivity contribution in [3.8, 4) is 5.75 Å². The van der Waals surface area contributed by atoms with Crippen molar-refractivity contribution in [2.45, 2.75) is 0 Å². The van der Waals surface area contributed by atoms with E-state index in [1.54, 1.807) is 29.2 Å². The van der Waals surface area contributed by atoms with Crippen LogP contribution in [0.25, 0.3) is 10.8 Å². The van der Waals surface area contributed by atoms with Crippen molar-refractivity contribution in [1.29, 1.82) is 0 Å². The number of hydrogen-bond donors (Lipinski definition) is 0. The first-order chi connectivity index (χ1) is 14.1. The molecule has 6 nitrogen and oxygen atoms in total. The smallest absolute Gasteiger partial charge is 0.260 e. The number of hydrogen-bond acceptors (Lipinski definition) is 5. The highest BCUT2D eigenvalue weighted by Crippen LogP contribution is 2.25. The second-order valence-electron chi connectivity index (χ2n) is 6.97. The molecule has 0 aromatic heterocycles. The number of piperazine rings is 1. The van der Waals surface area contributed by atoms with Crippen LogP contribution in [0.4, 0.5) is 5.69 Å². The Morgan fingerprint density at radius 2 is 1.55 bits per heavy atom. The number of anilines is 1. The van der Waals surface area contributed by atoms with E-state index in [-0.39, 0.29) is 18.1 Å². The first-order valence-corrected chi connectivity index (χ1v) is 9.56. The molecule has 1 fully saturated rings. The van der Waals surface area contributed by atoms with Crippen LogP contribution in [0.5, 0.6) is 5.75 Å². The van der Waals surface area contributed by atoms with Crippen molar-refractivity contribution in [1.82, 2.24) is 4.90 Å². The van der Waals surface area contributed by atoms with Crippen LogP contribution in [0.1, 0.15) is 10.4 Å². The standard InChI is InChI=1S/C23H22N2O4/c26-22(16-29-21-7-3-5-17-4-1-2-6-20(17)21)25-14-12-24(13-15-25)19-10-8-18(9-11-19)23(27)28/h1-11H,12-16H2,(H,27,28)/p-1. The number of amides is 1. The highest BCUT2D eigenvalue weighted by molar-refractivity contribution is 5.89. The number of aromatic carboxylic acids is 1. The number of rotatable bonds is 5. The maximum atomic E-state index is 12.6. The zero-order valence-electron chi connectivity index (χ0n) is 15.9. The van der Waals surface area contributed by atoms with Crippen molar-refractivity contribution >= 4 is 28.3 Å². The van der Waals surface area contributed by atoms with Gasteiger partial charge < -0.3 is 24.4 Å². The fourth-order valence-corrected chi connectivity index (χ4v) is 3.57. The van der Waals surface area contributed by atoms with Gasteiger partial charge in [0, 0.05) is 37.3 Å². The molecule has 0 bridgehead atoms. The molecule has 0 unspecified atom stereocenters. The predicted molar refractivity (Wildman–Crippen MR) is 109 cm³/mol. The highest BCUT2D eigenvalue weighted by atomic mass is 16.5. The molecule has 29 heavy (non-hydrogen) atoms. The molecule has 1 aliphatic rings. The molecule has 0 saturated carbocycles. The summed E-state index contributed by atoms with van der Waals surface area (Å²) < 4.78 is 5.82. The second kappa shape index (κ2) is 8.22. The van der Waals surface area contributed by atoms with Crippen molar-refractivity contribution in [2.75, 3.05) is 37.7 Å². The molecule has 0 aliphatic carbocycles. The summed E-state index contributed by atoms with van der Waals surface area (Å²) in [7, 11) is 0. The zero-order valence-corrected chi connectivity index (χ0v) is 15.9. The van der Waals surface area contributed by atoms with Crippen LogP contribution in [-0.4, -0.2) is 49.6 Å². The van der Waals surface area contributed by atoms with E-state index in [1.165, 1.54) is 0 Å². The molecule has 0 radical (unpaired) electrons. The third kappa shape index (κ3) is 4.16. The summed E-state index contributed by atoms with van der Waals surface area (Å²) in [5, 5.41) is 12.9. The SMILES string of the molecule is O=C([O-])c1ccc(N2CCN(C(=O)COc3cccc4ccccc34)CC2)cc1. The van der Waals surface area contributed by atoms with Crippen LogP contribution in [-0.2, 0) is 4.79 Å². The Balaban J connectivity index is 1.32. The van der Waals surface area contributed by atoms with E-state index in [4.69, 9.17) is 4.74 Å². The molecule has 0 N–H and O–H groups in total. The minimum atomic E-state index is -1.18. The molecule has 1 heterocycles. The third-order valence-electron chi connectivity index (χ3n) is 5.20. The normalized spacial score (nSPS) is 14.1. The summed E-state index contributed by atoms with van der Waals surface area (Å²) in [4.78, 5) is 27.4. The Labute approximate surface area is 168 Å². The Morgan fingerprint density at radius 3 is 2.28 bits per heavy atom. The molecular weight excluding hydrogens is 368 g/mol. The van der Waals surface area contributed by atoms with Crippen LogP contribution in [0.2, 0.25) is 0 Å². The van der Waals surface area contributed by atoms with E-state index in [9.17, 15) is 14.7 Å². The van der Waals surface area contributed by atoms with Crippen molar-refractivity contribution in [3.05, 3.63) is 72.3 Å². The monoisotopic (exact) mass is 389 g/mol. The van der Waals surface area contributed by atoms with Gasteiger partial charge in [-0.3, -0.25) is 4.79 Å². The summed E-state index contributed by atoms with van der Waals surface area (Å²) in [6.07, 6.45) is 0. The summed E-state index contributed by atoms with van der Waals surface area (Å²) >= 11 is 0. The predicted octanol–water partition coefficient (Wildman–Crippen LogP) is 1.93. The number of carboxylic acid groups (broad SMARTS) is 1. The number of carbonyl (C=O) groups excluding carboxylic acids is 2. The fourth-order valence-electron chi connectivity index (χ4n) is 3.57. The van der Waals surface area contributed by atoms with Gasteiger partial charge in [-0.1, -0.05) is 48.5 Å². The fraction of sp³-hybridized carbons (Fsp3) is 0.217. The second-order valence-corrected chi connectivity index (χ2v) is 6.97. The van der Waals surface area contributed by atoms with Gasteiger partial charge in [-0.05, 0) is 29.1 Å². The molecule has 3 aromatic rings. The van der Waals surface area contributed by atoms with Crippen LogP contribution < -0.4 is 14.7 Å². The number of carbonyl (C=O) groups is 2. The van der Waals surface area contributed by atoms with Gasteiger partial charge in [-0.15, -0.1) is 0 Å². The molecule has 148 valence electrons.